The zero-order valence-electron chi connectivity index (χ0n) is 13.5. The molecular weight excluding hydrogens is 276 g/mol. The van der Waals surface area contributed by atoms with Crippen molar-refractivity contribution in [3.05, 3.63) is 59.0 Å². The molecule has 1 heterocycles. The van der Waals surface area contributed by atoms with Crippen LogP contribution in [0.4, 0.5) is 0 Å². The fourth-order valence-electron chi connectivity index (χ4n) is 2.28. The number of carbonyl (C=O) groups excluding carboxylic acids is 1. The van der Waals surface area contributed by atoms with Crippen molar-refractivity contribution < 1.29 is 9.21 Å². The standard InChI is InChI=1S/C18H22N2O2/c1-12(2)10-17(15-8-6-5-7-9-15)19-20-18(21)16-11-13(3)22-14(16)4/h5-9,11-12H,10H2,1-4H3,(H,20,21)/b19-17-. The van der Waals surface area contributed by atoms with Crippen LogP contribution < -0.4 is 5.43 Å². The van der Waals surface area contributed by atoms with Crippen molar-refractivity contribution in [2.24, 2.45) is 11.0 Å². The van der Waals surface area contributed by atoms with Gasteiger partial charge in [0.1, 0.15) is 11.5 Å². The average Bonchev–Trinajstić information content (AvgIpc) is 2.82. The van der Waals surface area contributed by atoms with Gasteiger partial charge in [0.2, 0.25) is 0 Å². The van der Waals surface area contributed by atoms with E-state index in [1.165, 1.54) is 0 Å². The lowest BCUT2D eigenvalue weighted by Crippen LogP contribution is -2.21. The lowest BCUT2D eigenvalue weighted by atomic mass is 10.0. The van der Waals surface area contributed by atoms with E-state index in [4.69, 9.17) is 4.42 Å². The van der Waals surface area contributed by atoms with Crippen LogP contribution >= 0.6 is 0 Å². The minimum Gasteiger partial charge on any atom is -0.466 e. The second-order valence-electron chi connectivity index (χ2n) is 5.79. The molecule has 1 amide bonds. The zero-order valence-corrected chi connectivity index (χ0v) is 13.5. The van der Waals surface area contributed by atoms with E-state index in [0.29, 0.717) is 17.2 Å². The molecule has 0 radical (unpaired) electrons. The summed E-state index contributed by atoms with van der Waals surface area (Å²) in [6, 6.07) is 11.6. The predicted octanol–water partition coefficient (Wildman–Crippen LogP) is 4.08. The first-order valence-electron chi connectivity index (χ1n) is 7.46. The molecule has 1 aromatic carbocycles. The number of aryl methyl sites for hydroxylation is 2. The van der Waals surface area contributed by atoms with Crippen molar-refractivity contribution in [1.29, 1.82) is 0 Å². The van der Waals surface area contributed by atoms with Gasteiger partial charge in [0.15, 0.2) is 0 Å². The Kier molecular flexibility index (Phi) is 5.15. The van der Waals surface area contributed by atoms with Gasteiger partial charge >= 0.3 is 0 Å². The summed E-state index contributed by atoms with van der Waals surface area (Å²) in [6.07, 6.45) is 0.799. The average molecular weight is 298 g/mol. The number of amides is 1. The number of nitrogens with one attached hydrogen (secondary N) is 1. The van der Waals surface area contributed by atoms with Crippen LogP contribution in [-0.4, -0.2) is 11.6 Å². The Morgan fingerprint density at radius 3 is 2.45 bits per heavy atom. The Balaban J connectivity index is 2.19. The van der Waals surface area contributed by atoms with Crippen LogP contribution in [0.25, 0.3) is 0 Å². The minimum absolute atomic E-state index is 0.244. The molecule has 0 bridgehead atoms. The molecule has 0 spiro atoms. The monoisotopic (exact) mass is 298 g/mol. The molecule has 1 aromatic heterocycles. The van der Waals surface area contributed by atoms with Crippen molar-refractivity contribution in [2.75, 3.05) is 0 Å². The van der Waals surface area contributed by atoms with E-state index in [2.05, 4.69) is 24.4 Å². The van der Waals surface area contributed by atoms with Gasteiger partial charge in [-0.15, -0.1) is 0 Å². The van der Waals surface area contributed by atoms with Crippen LogP contribution in [0.2, 0.25) is 0 Å². The second kappa shape index (κ2) is 7.07. The molecule has 0 unspecified atom stereocenters. The van der Waals surface area contributed by atoms with Crippen LogP contribution in [0, 0.1) is 19.8 Å². The summed E-state index contributed by atoms with van der Waals surface area (Å²) < 4.78 is 5.38. The molecule has 0 aliphatic carbocycles. The van der Waals surface area contributed by atoms with Crippen molar-refractivity contribution >= 4 is 11.6 Å². The van der Waals surface area contributed by atoms with Gasteiger partial charge in [-0.2, -0.15) is 5.10 Å². The molecular formula is C18H22N2O2. The molecule has 0 aliphatic rings. The SMILES string of the molecule is Cc1cc(C(=O)N/N=C(/CC(C)C)c2ccccc2)c(C)o1. The van der Waals surface area contributed by atoms with Crippen molar-refractivity contribution in [1.82, 2.24) is 5.43 Å². The summed E-state index contributed by atoms with van der Waals surface area (Å²) in [7, 11) is 0. The highest BCUT2D eigenvalue weighted by molar-refractivity contribution is 6.02. The highest BCUT2D eigenvalue weighted by Crippen LogP contribution is 2.14. The van der Waals surface area contributed by atoms with Gasteiger partial charge in [-0.1, -0.05) is 44.2 Å². The molecule has 0 fully saturated rings. The van der Waals surface area contributed by atoms with E-state index in [1.807, 2.05) is 37.3 Å². The van der Waals surface area contributed by atoms with Gasteiger partial charge < -0.3 is 4.42 Å². The maximum absolute atomic E-state index is 12.2. The van der Waals surface area contributed by atoms with Gasteiger partial charge in [0, 0.05) is 0 Å². The first-order chi connectivity index (χ1) is 10.5. The molecule has 116 valence electrons. The highest BCUT2D eigenvalue weighted by atomic mass is 16.3. The molecule has 1 N–H and O–H groups in total. The highest BCUT2D eigenvalue weighted by Gasteiger charge is 2.14. The van der Waals surface area contributed by atoms with Crippen LogP contribution in [0.15, 0.2) is 45.9 Å². The Labute approximate surface area is 131 Å². The lowest BCUT2D eigenvalue weighted by molar-refractivity contribution is 0.0953. The number of hydrogen-bond donors (Lipinski definition) is 1. The van der Waals surface area contributed by atoms with Gasteiger partial charge in [0.25, 0.3) is 5.91 Å². The van der Waals surface area contributed by atoms with E-state index in [-0.39, 0.29) is 5.91 Å². The van der Waals surface area contributed by atoms with Crippen LogP contribution in [0.5, 0.6) is 0 Å². The van der Waals surface area contributed by atoms with Gasteiger partial charge in [-0.05, 0) is 37.8 Å². The molecule has 0 saturated carbocycles. The summed E-state index contributed by atoms with van der Waals surface area (Å²) in [4.78, 5) is 12.2. The fraction of sp³-hybridized carbons (Fsp3) is 0.333. The van der Waals surface area contributed by atoms with Gasteiger partial charge in [-0.25, -0.2) is 5.43 Å². The number of nitrogens with zero attached hydrogens (tertiary/aromatic N) is 1. The third-order valence-corrected chi connectivity index (χ3v) is 3.29. The Bertz CT molecular complexity index is 670. The summed E-state index contributed by atoms with van der Waals surface area (Å²) in [6.45, 7) is 7.85. The zero-order chi connectivity index (χ0) is 16.1. The van der Waals surface area contributed by atoms with Crippen molar-refractivity contribution in [3.63, 3.8) is 0 Å². The fourth-order valence-corrected chi connectivity index (χ4v) is 2.28. The molecule has 2 aromatic rings. The maximum atomic E-state index is 12.2. The molecule has 0 atom stereocenters. The van der Waals surface area contributed by atoms with E-state index < -0.39 is 0 Å². The van der Waals surface area contributed by atoms with Crippen LogP contribution in [0.1, 0.15) is 47.7 Å². The summed E-state index contributed by atoms with van der Waals surface area (Å²) >= 11 is 0. The molecule has 4 nitrogen and oxygen atoms in total. The molecule has 0 saturated heterocycles. The Morgan fingerprint density at radius 2 is 1.91 bits per heavy atom. The van der Waals surface area contributed by atoms with Crippen LogP contribution in [0.3, 0.4) is 0 Å². The van der Waals surface area contributed by atoms with E-state index >= 15 is 0 Å². The Hall–Kier alpha value is -2.36. The molecule has 0 aliphatic heterocycles. The number of furan rings is 1. The predicted molar refractivity (Wildman–Crippen MR) is 88.1 cm³/mol. The quantitative estimate of drug-likeness (QED) is 0.668. The van der Waals surface area contributed by atoms with Crippen molar-refractivity contribution in [2.45, 2.75) is 34.1 Å². The van der Waals surface area contributed by atoms with E-state index in [9.17, 15) is 4.79 Å². The summed E-state index contributed by atoms with van der Waals surface area (Å²) in [5.74, 6) is 1.53. The largest absolute Gasteiger partial charge is 0.466 e. The second-order valence-corrected chi connectivity index (χ2v) is 5.79. The van der Waals surface area contributed by atoms with Crippen LogP contribution in [-0.2, 0) is 0 Å². The number of rotatable bonds is 5. The minimum atomic E-state index is -0.244. The first kappa shape index (κ1) is 16.0. The van der Waals surface area contributed by atoms with E-state index in [1.54, 1.807) is 13.0 Å². The van der Waals surface area contributed by atoms with Gasteiger partial charge in [0.05, 0.1) is 11.3 Å². The maximum Gasteiger partial charge on any atom is 0.274 e. The van der Waals surface area contributed by atoms with E-state index in [0.717, 1.165) is 23.5 Å². The number of benzene rings is 1. The first-order valence-corrected chi connectivity index (χ1v) is 7.46. The molecule has 2 rings (SSSR count). The smallest absolute Gasteiger partial charge is 0.274 e. The van der Waals surface area contributed by atoms with Gasteiger partial charge in [-0.3, -0.25) is 4.79 Å². The molecule has 22 heavy (non-hydrogen) atoms. The number of hydrazone groups is 1. The third-order valence-electron chi connectivity index (χ3n) is 3.29. The lowest BCUT2D eigenvalue weighted by Gasteiger charge is -2.09. The number of carbonyl (C=O) groups is 1. The normalized spacial score (nSPS) is 11.8. The summed E-state index contributed by atoms with van der Waals surface area (Å²) in [5, 5.41) is 4.34. The number of hydrogen-bond acceptors (Lipinski definition) is 3. The summed E-state index contributed by atoms with van der Waals surface area (Å²) in [5.41, 5.74) is 5.07. The third kappa shape index (κ3) is 4.07. The molecule has 4 heteroatoms. The Morgan fingerprint density at radius 1 is 1.23 bits per heavy atom. The van der Waals surface area contributed by atoms with Crippen molar-refractivity contribution in [3.8, 4) is 0 Å². The topological polar surface area (TPSA) is 54.6 Å².